The molecule has 0 saturated heterocycles. The molecule has 0 N–H and O–H groups in total. The predicted octanol–water partition coefficient (Wildman–Crippen LogP) is 4.05. The molecule has 1 aliphatic heterocycles. The van der Waals surface area contributed by atoms with Gasteiger partial charge in [-0.25, -0.2) is 0 Å². The highest BCUT2D eigenvalue weighted by Crippen LogP contribution is 2.27. The van der Waals surface area contributed by atoms with Crippen LogP contribution in [0, 0.1) is 0 Å². The summed E-state index contributed by atoms with van der Waals surface area (Å²) in [7, 11) is 0. The zero-order chi connectivity index (χ0) is 9.97. The van der Waals surface area contributed by atoms with Crippen molar-refractivity contribution in [1.29, 1.82) is 0 Å². The van der Waals surface area contributed by atoms with Crippen LogP contribution in [-0.4, -0.2) is 0 Å². The van der Waals surface area contributed by atoms with Gasteiger partial charge in [-0.3, -0.25) is 0 Å². The first-order valence-corrected chi connectivity index (χ1v) is 4.97. The molecule has 1 heterocycles. The molecule has 72 valence electrons. The van der Waals surface area contributed by atoms with E-state index in [1.807, 2.05) is 36.4 Å². The topological polar surface area (TPSA) is 9.23 Å². The number of benzene rings is 1. The summed E-state index contributed by atoms with van der Waals surface area (Å²) >= 11 is 11.5. The highest BCUT2D eigenvalue weighted by molar-refractivity contribution is 6.30. The molecule has 1 aliphatic rings. The minimum Gasteiger partial charge on any atom is -0.471 e. The fourth-order valence-electron chi connectivity index (χ4n) is 1.26. The lowest BCUT2D eigenvalue weighted by Crippen LogP contribution is -2.01. The molecule has 0 aromatic heterocycles. The van der Waals surface area contributed by atoms with Gasteiger partial charge in [0.05, 0.1) is 0 Å². The molecule has 0 saturated carbocycles. The Labute approximate surface area is 92.6 Å². The molecule has 14 heavy (non-hydrogen) atoms. The molecule has 2 rings (SSSR count). The summed E-state index contributed by atoms with van der Waals surface area (Å²) in [6.07, 6.45) is 5.43. The molecule has 0 radical (unpaired) electrons. The summed E-state index contributed by atoms with van der Waals surface area (Å²) in [4.78, 5) is 0. The first-order valence-electron chi connectivity index (χ1n) is 4.22. The molecule has 1 aromatic carbocycles. The number of allylic oxidation sites excluding steroid dienone is 2. The normalized spacial score (nSPS) is 20.1. The zero-order valence-corrected chi connectivity index (χ0v) is 8.79. The second kappa shape index (κ2) is 4.07. The Morgan fingerprint density at radius 1 is 1.07 bits per heavy atom. The van der Waals surface area contributed by atoms with E-state index in [0.717, 1.165) is 10.6 Å². The summed E-state index contributed by atoms with van der Waals surface area (Å²) in [5.74, 6) is 0. The molecule has 1 aromatic rings. The fraction of sp³-hybridized carbons (Fsp3) is 0.0909. The average Bonchev–Trinajstić information content (AvgIpc) is 2.19. The molecular weight excluding hydrogens is 219 g/mol. The third-order valence-corrected chi connectivity index (χ3v) is 2.42. The highest BCUT2D eigenvalue weighted by atomic mass is 35.5. The van der Waals surface area contributed by atoms with Crippen molar-refractivity contribution in [3.05, 3.63) is 58.3 Å². The summed E-state index contributed by atoms with van der Waals surface area (Å²) in [6, 6.07) is 7.51. The van der Waals surface area contributed by atoms with Crippen molar-refractivity contribution >= 4 is 23.2 Å². The van der Waals surface area contributed by atoms with Crippen molar-refractivity contribution in [1.82, 2.24) is 0 Å². The zero-order valence-electron chi connectivity index (χ0n) is 7.28. The SMILES string of the molecule is ClC1=CC=CC(c2ccc(Cl)cc2)O1. The van der Waals surface area contributed by atoms with Crippen molar-refractivity contribution in [3.8, 4) is 0 Å². The monoisotopic (exact) mass is 226 g/mol. The highest BCUT2D eigenvalue weighted by Gasteiger charge is 2.12. The van der Waals surface area contributed by atoms with Crippen LogP contribution in [0.5, 0.6) is 0 Å². The number of hydrogen-bond acceptors (Lipinski definition) is 1. The first-order chi connectivity index (χ1) is 6.75. The molecule has 0 bridgehead atoms. The number of rotatable bonds is 1. The maximum atomic E-state index is 5.78. The van der Waals surface area contributed by atoms with E-state index >= 15 is 0 Å². The molecular formula is C11H8Cl2O. The van der Waals surface area contributed by atoms with E-state index in [-0.39, 0.29) is 6.10 Å². The van der Waals surface area contributed by atoms with Gasteiger partial charge in [0, 0.05) is 5.02 Å². The summed E-state index contributed by atoms with van der Waals surface area (Å²) in [5, 5.41) is 1.13. The average molecular weight is 227 g/mol. The van der Waals surface area contributed by atoms with Crippen molar-refractivity contribution in [2.45, 2.75) is 6.10 Å². The number of halogens is 2. The third-order valence-electron chi connectivity index (χ3n) is 1.95. The summed E-state index contributed by atoms with van der Waals surface area (Å²) in [5.41, 5.74) is 1.04. The second-order valence-electron chi connectivity index (χ2n) is 2.95. The van der Waals surface area contributed by atoms with Crippen molar-refractivity contribution in [2.24, 2.45) is 0 Å². The molecule has 1 nitrogen and oxygen atoms in total. The van der Waals surface area contributed by atoms with Gasteiger partial charge in [-0.2, -0.15) is 0 Å². The van der Waals surface area contributed by atoms with Gasteiger partial charge in [-0.05, 0) is 41.4 Å². The van der Waals surface area contributed by atoms with Crippen LogP contribution in [-0.2, 0) is 4.74 Å². The van der Waals surface area contributed by atoms with Crippen LogP contribution >= 0.6 is 23.2 Å². The van der Waals surface area contributed by atoms with Crippen LogP contribution in [0.1, 0.15) is 11.7 Å². The standard InChI is InChI=1S/C11H8Cl2O/c12-9-6-4-8(5-7-9)10-2-1-3-11(13)14-10/h1-7,10H. The predicted molar refractivity (Wildman–Crippen MR) is 58.4 cm³/mol. The van der Waals surface area contributed by atoms with Gasteiger partial charge in [0.1, 0.15) is 6.10 Å². The van der Waals surface area contributed by atoms with Gasteiger partial charge in [-0.15, -0.1) is 0 Å². The maximum Gasteiger partial charge on any atom is 0.188 e. The van der Waals surface area contributed by atoms with Gasteiger partial charge in [0.15, 0.2) is 5.22 Å². The van der Waals surface area contributed by atoms with E-state index in [4.69, 9.17) is 27.9 Å². The van der Waals surface area contributed by atoms with Crippen LogP contribution in [0.2, 0.25) is 5.02 Å². The molecule has 0 aliphatic carbocycles. The van der Waals surface area contributed by atoms with Crippen molar-refractivity contribution < 1.29 is 4.74 Å². The maximum absolute atomic E-state index is 5.78. The van der Waals surface area contributed by atoms with Crippen molar-refractivity contribution in [2.75, 3.05) is 0 Å². The van der Waals surface area contributed by atoms with Crippen LogP contribution in [0.15, 0.2) is 47.7 Å². The minimum absolute atomic E-state index is 0.107. The Hall–Kier alpha value is -0.920. The lowest BCUT2D eigenvalue weighted by molar-refractivity contribution is 0.174. The Balaban J connectivity index is 2.21. The lowest BCUT2D eigenvalue weighted by Gasteiger charge is -2.17. The van der Waals surface area contributed by atoms with Crippen LogP contribution < -0.4 is 0 Å². The van der Waals surface area contributed by atoms with Crippen LogP contribution in [0.25, 0.3) is 0 Å². The number of hydrogen-bond donors (Lipinski definition) is 0. The van der Waals surface area contributed by atoms with E-state index in [9.17, 15) is 0 Å². The smallest absolute Gasteiger partial charge is 0.188 e. The first kappa shape index (κ1) is 9.63. The van der Waals surface area contributed by atoms with Gasteiger partial charge in [0.2, 0.25) is 0 Å². The largest absolute Gasteiger partial charge is 0.471 e. The number of ether oxygens (including phenoxy) is 1. The van der Waals surface area contributed by atoms with Gasteiger partial charge in [-0.1, -0.05) is 29.8 Å². The van der Waals surface area contributed by atoms with Gasteiger partial charge < -0.3 is 4.74 Å². The second-order valence-corrected chi connectivity index (χ2v) is 3.75. The Morgan fingerprint density at radius 3 is 2.43 bits per heavy atom. The van der Waals surface area contributed by atoms with E-state index in [1.54, 1.807) is 6.08 Å². The molecule has 0 fully saturated rings. The molecule has 3 heteroatoms. The Bertz CT molecular complexity index is 379. The quantitative estimate of drug-likeness (QED) is 0.703. The van der Waals surface area contributed by atoms with Gasteiger partial charge in [0.25, 0.3) is 0 Å². The minimum atomic E-state index is -0.107. The van der Waals surface area contributed by atoms with Crippen LogP contribution in [0.4, 0.5) is 0 Å². The van der Waals surface area contributed by atoms with Crippen LogP contribution in [0.3, 0.4) is 0 Å². The van der Waals surface area contributed by atoms with E-state index < -0.39 is 0 Å². The molecule has 0 amide bonds. The van der Waals surface area contributed by atoms with E-state index in [0.29, 0.717) is 5.22 Å². The molecule has 0 spiro atoms. The molecule has 1 unspecified atom stereocenters. The fourth-order valence-corrected chi connectivity index (χ4v) is 1.56. The van der Waals surface area contributed by atoms with E-state index in [2.05, 4.69) is 0 Å². The van der Waals surface area contributed by atoms with E-state index in [1.165, 1.54) is 0 Å². The van der Waals surface area contributed by atoms with Crippen molar-refractivity contribution in [3.63, 3.8) is 0 Å². The van der Waals surface area contributed by atoms with Gasteiger partial charge >= 0.3 is 0 Å². The Morgan fingerprint density at radius 2 is 1.79 bits per heavy atom. The summed E-state index contributed by atoms with van der Waals surface area (Å²) < 4.78 is 5.41. The third kappa shape index (κ3) is 2.11. The lowest BCUT2D eigenvalue weighted by atomic mass is 10.1. The Kier molecular flexibility index (Phi) is 2.80. The molecule has 1 atom stereocenters. The summed E-state index contributed by atoms with van der Waals surface area (Å²) in [6.45, 7) is 0.